The van der Waals surface area contributed by atoms with Crippen LogP contribution in [0.1, 0.15) is 38.8 Å². The highest BCUT2D eigenvalue weighted by Gasteiger charge is 2.48. The third-order valence-electron chi connectivity index (χ3n) is 4.69. The van der Waals surface area contributed by atoms with Crippen molar-refractivity contribution in [2.75, 3.05) is 0 Å². The minimum Gasteiger partial charge on any atom is -0.263 e. The Morgan fingerprint density at radius 3 is 2.77 bits per heavy atom. The van der Waals surface area contributed by atoms with Crippen molar-refractivity contribution in [3.05, 3.63) is 42.2 Å². The van der Waals surface area contributed by atoms with Crippen molar-refractivity contribution in [2.24, 2.45) is 5.41 Å². The lowest BCUT2D eigenvalue weighted by atomic mass is 10.1. The van der Waals surface area contributed by atoms with Gasteiger partial charge < -0.3 is 0 Å². The molecule has 0 aliphatic heterocycles. The maximum atomic E-state index is 4.80. The first-order valence-electron chi connectivity index (χ1n) is 7.88. The molecule has 1 aliphatic carbocycles. The monoisotopic (exact) mass is 292 g/mol. The molecule has 4 nitrogen and oxygen atoms in total. The standard InChI is InChI=1S/C18H20N4/c1-4-22-17(10-16(21-22)12-11-18(12,2)3)15-8-7-13-14(20-15)6-5-9-19-13/h5-10,12H,4,11H2,1-3H3. The molecule has 3 aromatic rings. The zero-order chi connectivity index (χ0) is 15.3. The molecule has 1 fully saturated rings. The number of pyridine rings is 2. The maximum absolute atomic E-state index is 4.80. The Labute approximate surface area is 130 Å². The van der Waals surface area contributed by atoms with Crippen molar-refractivity contribution < 1.29 is 0 Å². The molecule has 0 radical (unpaired) electrons. The molecule has 3 heterocycles. The normalized spacial score (nSPS) is 19.5. The van der Waals surface area contributed by atoms with Crippen molar-refractivity contribution in [2.45, 2.75) is 39.7 Å². The number of hydrogen-bond donors (Lipinski definition) is 0. The number of aryl methyl sites for hydroxylation is 1. The number of aromatic nitrogens is 4. The molecule has 0 N–H and O–H groups in total. The first-order valence-corrected chi connectivity index (χ1v) is 7.88. The number of nitrogens with zero attached hydrogens (tertiary/aromatic N) is 4. The molecule has 112 valence electrons. The molecular formula is C18H20N4. The smallest absolute Gasteiger partial charge is 0.0894 e. The van der Waals surface area contributed by atoms with E-state index in [2.05, 4.69) is 36.5 Å². The van der Waals surface area contributed by atoms with Crippen LogP contribution in [-0.4, -0.2) is 19.7 Å². The quantitative estimate of drug-likeness (QED) is 0.732. The van der Waals surface area contributed by atoms with Gasteiger partial charge in [0.15, 0.2) is 0 Å². The molecule has 0 saturated heterocycles. The van der Waals surface area contributed by atoms with Crippen LogP contribution >= 0.6 is 0 Å². The first kappa shape index (κ1) is 13.4. The van der Waals surface area contributed by atoms with E-state index in [4.69, 9.17) is 10.1 Å². The first-order chi connectivity index (χ1) is 10.6. The van der Waals surface area contributed by atoms with E-state index in [0.717, 1.165) is 29.0 Å². The second-order valence-electron chi connectivity index (χ2n) is 6.75. The molecule has 3 aromatic heterocycles. The van der Waals surface area contributed by atoms with Gasteiger partial charge in [0, 0.05) is 18.7 Å². The van der Waals surface area contributed by atoms with E-state index < -0.39 is 0 Å². The molecule has 0 bridgehead atoms. The van der Waals surface area contributed by atoms with Crippen LogP contribution in [0.25, 0.3) is 22.4 Å². The molecule has 1 saturated carbocycles. The Hall–Kier alpha value is -2.23. The largest absolute Gasteiger partial charge is 0.263 e. The van der Waals surface area contributed by atoms with Crippen LogP contribution in [0.3, 0.4) is 0 Å². The van der Waals surface area contributed by atoms with Gasteiger partial charge in [0.25, 0.3) is 0 Å². The van der Waals surface area contributed by atoms with Crippen molar-refractivity contribution in [3.8, 4) is 11.4 Å². The summed E-state index contributed by atoms with van der Waals surface area (Å²) < 4.78 is 2.06. The zero-order valence-electron chi connectivity index (χ0n) is 13.2. The van der Waals surface area contributed by atoms with Gasteiger partial charge in [-0.25, -0.2) is 4.98 Å². The zero-order valence-corrected chi connectivity index (χ0v) is 13.2. The van der Waals surface area contributed by atoms with E-state index in [1.54, 1.807) is 6.20 Å². The van der Waals surface area contributed by atoms with Gasteiger partial charge in [-0.2, -0.15) is 5.10 Å². The minimum atomic E-state index is 0.394. The lowest BCUT2D eigenvalue weighted by molar-refractivity contribution is 0.598. The van der Waals surface area contributed by atoms with Gasteiger partial charge in [-0.15, -0.1) is 0 Å². The van der Waals surface area contributed by atoms with Crippen molar-refractivity contribution in [3.63, 3.8) is 0 Å². The average Bonchev–Trinajstić information content (AvgIpc) is 2.98. The van der Waals surface area contributed by atoms with E-state index in [9.17, 15) is 0 Å². The second-order valence-corrected chi connectivity index (χ2v) is 6.75. The highest BCUT2D eigenvalue weighted by molar-refractivity contribution is 5.77. The van der Waals surface area contributed by atoms with Crippen LogP contribution in [0.15, 0.2) is 36.5 Å². The van der Waals surface area contributed by atoms with E-state index in [1.807, 2.05) is 24.3 Å². The van der Waals surface area contributed by atoms with E-state index in [-0.39, 0.29) is 0 Å². The molecular weight excluding hydrogens is 272 g/mol. The molecule has 4 heteroatoms. The summed E-state index contributed by atoms with van der Waals surface area (Å²) >= 11 is 0. The topological polar surface area (TPSA) is 43.6 Å². The molecule has 4 rings (SSSR count). The van der Waals surface area contributed by atoms with Crippen molar-refractivity contribution in [1.82, 2.24) is 19.7 Å². The fraction of sp³-hybridized carbons (Fsp3) is 0.389. The van der Waals surface area contributed by atoms with Crippen LogP contribution < -0.4 is 0 Å². The molecule has 0 amide bonds. The van der Waals surface area contributed by atoms with Crippen LogP contribution in [0, 0.1) is 5.41 Å². The highest BCUT2D eigenvalue weighted by atomic mass is 15.3. The summed E-state index contributed by atoms with van der Waals surface area (Å²) in [5.74, 6) is 0.584. The fourth-order valence-corrected chi connectivity index (χ4v) is 3.13. The third-order valence-corrected chi connectivity index (χ3v) is 4.69. The van der Waals surface area contributed by atoms with Gasteiger partial charge in [-0.3, -0.25) is 9.67 Å². The SMILES string of the molecule is CCn1nc(C2CC2(C)C)cc1-c1ccc2ncccc2n1. The van der Waals surface area contributed by atoms with E-state index in [0.29, 0.717) is 11.3 Å². The second kappa shape index (κ2) is 4.63. The molecule has 1 unspecified atom stereocenters. The Morgan fingerprint density at radius 2 is 2.05 bits per heavy atom. The van der Waals surface area contributed by atoms with Crippen LogP contribution in [0.5, 0.6) is 0 Å². The van der Waals surface area contributed by atoms with Crippen LogP contribution in [0.2, 0.25) is 0 Å². The molecule has 1 aliphatic rings. The summed E-state index contributed by atoms with van der Waals surface area (Å²) in [6, 6.07) is 10.2. The summed E-state index contributed by atoms with van der Waals surface area (Å²) in [4.78, 5) is 9.10. The van der Waals surface area contributed by atoms with Gasteiger partial charge in [-0.05, 0) is 49.1 Å². The predicted molar refractivity (Wildman–Crippen MR) is 87.6 cm³/mol. The Morgan fingerprint density at radius 1 is 1.23 bits per heavy atom. The molecule has 1 atom stereocenters. The average molecular weight is 292 g/mol. The number of hydrogen-bond acceptors (Lipinski definition) is 3. The Balaban J connectivity index is 1.80. The lowest BCUT2D eigenvalue weighted by Gasteiger charge is -2.04. The van der Waals surface area contributed by atoms with Crippen LogP contribution in [0.4, 0.5) is 0 Å². The van der Waals surface area contributed by atoms with E-state index in [1.165, 1.54) is 12.1 Å². The fourth-order valence-electron chi connectivity index (χ4n) is 3.13. The third kappa shape index (κ3) is 2.10. The van der Waals surface area contributed by atoms with E-state index >= 15 is 0 Å². The molecule has 0 spiro atoms. The summed E-state index contributed by atoms with van der Waals surface area (Å²) in [6.45, 7) is 7.60. The minimum absolute atomic E-state index is 0.394. The van der Waals surface area contributed by atoms with Gasteiger partial charge in [0.2, 0.25) is 0 Å². The van der Waals surface area contributed by atoms with Crippen molar-refractivity contribution >= 4 is 11.0 Å². The number of fused-ring (bicyclic) bond motifs is 1. The summed E-state index contributed by atoms with van der Waals surface area (Å²) in [7, 11) is 0. The summed E-state index contributed by atoms with van der Waals surface area (Å²) in [5.41, 5.74) is 5.53. The van der Waals surface area contributed by atoms with Gasteiger partial charge in [0.1, 0.15) is 0 Å². The maximum Gasteiger partial charge on any atom is 0.0894 e. The predicted octanol–water partition coefficient (Wildman–Crippen LogP) is 4.03. The lowest BCUT2D eigenvalue weighted by Crippen LogP contribution is -2.01. The molecule has 22 heavy (non-hydrogen) atoms. The Bertz CT molecular complexity index is 847. The summed E-state index contributed by atoms with van der Waals surface area (Å²) in [6.07, 6.45) is 3.02. The number of rotatable bonds is 3. The Kier molecular flexibility index (Phi) is 2.83. The van der Waals surface area contributed by atoms with Crippen LogP contribution in [-0.2, 0) is 6.54 Å². The molecule has 0 aromatic carbocycles. The van der Waals surface area contributed by atoms with Crippen molar-refractivity contribution in [1.29, 1.82) is 0 Å². The van der Waals surface area contributed by atoms with Gasteiger partial charge in [-0.1, -0.05) is 13.8 Å². The highest BCUT2D eigenvalue weighted by Crippen LogP contribution is 2.58. The van der Waals surface area contributed by atoms with Gasteiger partial charge >= 0.3 is 0 Å². The van der Waals surface area contributed by atoms with Gasteiger partial charge in [0.05, 0.1) is 28.1 Å². The summed E-state index contributed by atoms with van der Waals surface area (Å²) in [5, 5.41) is 4.80.